The van der Waals surface area contributed by atoms with Crippen molar-refractivity contribution in [2.75, 3.05) is 0 Å². The van der Waals surface area contributed by atoms with Gasteiger partial charge in [-0.3, -0.25) is 4.79 Å². The van der Waals surface area contributed by atoms with E-state index in [1.807, 2.05) is 13.8 Å². The van der Waals surface area contributed by atoms with Crippen LogP contribution < -0.4 is 5.32 Å². The third kappa shape index (κ3) is 4.15. The predicted molar refractivity (Wildman–Crippen MR) is 78.0 cm³/mol. The number of nitrogens with one attached hydrogen (secondary N) is 1. The first-order valence-corrected chi connectivity index (χ1v) is 7.11. The number of nitrogens with zero attached hydrogens (tertiary/aromatic N) is 1. The number of hydrogen-bond acceptors (Lipinski definition) is 3. The second-order valence-electron chi connectivity index (χ2n) is 4.96. The molecule has 1 N–H and O–H groups in total. The summed E-state index contributed by atoms with van der Waals surface area (Å²) in [6.07, 6.45) is 3.93. The number of carbonyl (C=O) groups is 1. The van der Waals surface area contributed by atoms with Gasteiger partial charge in [-0.2, -0.15) is 0 Å². The Kier molecular flexibility index (Phi) is 5.09. The minimum atomic E-state index is -0.296. The minimum Gasteiger partial charge on any atom is -0.438 e. The van der Waals surface area contributed by atoms with Gasteiger partial charge >= 0.3 is 0 Å². The Morgan fingerprint density at radius 3 is 2.76 bits per heavy atom. The molecule has 0 saturated heterocycles. The molecule has 1 atom stereocenters. The molecule has 112 valence electrons. The van der Waals surface area contributed by atoms with Gasteiger partial charge in [-0.1, -0.05) is 13.3 Å². The average Bonchev–Trinajstić information content (AvgIpc) is 2.96. The molecule has 1 heterocycles. The van der Waals surface area contributed by atoms with Gasteiger partial charge < -0.3 is 9.73 Å². The Morgan fingerprint density at radius 1 is 1.38 bits per heavy atom. The van der Waals surface area contributed by atoms with Gasteiger partial charge in [0.1, 0.15) is 11.9 Å². The van der Waals surface area contributed by atoms with Crippen LogP contribution in [0.15, 0.2) is 34.9 Å². The molecule has 0 aliphatic rings. The second-order valence-corrected chi connectivity index (χ2v) is 4.96. The highest BCUT2D eigenvalue weighted by Gasteiger charge is 2.15. The molecule has 21 heavy (non-hydrogen) atoms. The number of carbonyl (C=O) groups excluding carboxylic acids is 1. The zero-order valence-corrected chi connectivity index (χ0v) is 12.2. The molecule has 0 radical (unpaired) electrons. The molecule has 0 bridgehead atoms. The summed E-state index contributed by atoms with van der Waals surface area (Å²) in [7, 11) is 0. The van der Waals surface area contributed by atoms with Crippen LogP contribution in [0.1, 0.15) is 45.0 Å². The maximum atomic E-state index is 12.9. The number of amides is 1. The molecule has 0 saturated carbocycles. The highest BCUT2D eigenvalue weighted by molar-refractivity contribution is 5.76. The van der Waals surface area contributed by atoms with Crippen molar-refractivity contribution >= 4 is 5.91 Å². The van der Waals surface area contributed by atoms with Gasteiger partial charge in [0.25, 0.3) is 0 Å². The summed E-state index contributed by atoms with van der Waals surface area (Å²) >= 11 is 0. The van der Waals surface area contributed by atoms with Crippen molar-refractivity contribution in [2.24, 2.45) is 0 Å². The van der Waals surface area contributed by atoms with Crippen molar-refractivity contribution in [2.45, 2.75) is 39.2 Å². The van der Waals surface area contributed by atoms with E-state index in [1.54, 1.807) is 18.3 Å². The van der Waals surface area contributed by atoms with Crippen LogP contribution >= 0.6 is 0 Å². The van der Waals surface area contributed by atoms with E-state index >= 15 is 0 Å². The Hall–Kier alpha value is -2.17. The van der Waals surface area contributed by atoms with E-state index in [2.05, 4.69) is 10.3 Å². The van der Waals surface area contributed by atoms with Gasteiger partial charge in [0.2, 0.25) is 11.8 Å². The highest BCUT2D eigenvalue weighted by Crippen LogP contribution is 2.23. The molecule has 4 nitrogen and oxygen atoms in total. The molecule has 0 spiro atoms. The van der Waals surface area contributed by atoms with Crippen LogP contribution in [0.5, 0.6) is 0 Å². The fourth-order valence-corrected chi connectivity index (χ4v) is 1.95. The summed E-state index contributed by atoms with van der Waals surface area (Å²) in [5.41, 5.74) is 0.750. The minimum absolute atomic E-state index is 0.00844. The van der Waals surface area contributed by atoms with Crippen molar-refractivity contribution in [3.63, 3.8) is 0 Å². The molecule has 1 aromatic heterocycles. The van der Waals surface area contributed by atoms with Crippen LogP contribution in [-0.4, -0.2) is 10.9 Å². The number of hydrogen-bond donors (Lipinski definition) is 1. The number of rotatable bonds is 6. The second kappa shape index (κ2) is 7.02. The average molecular weight is 290 g/mol. The number of aromatic nitrogens is 1. The number of unbranched alkanes of at least 4 members (excludes halogenated alkanes) is 1. The lowest BCUT2D eigenvalue weighted by atomic mass is 10.2. The van der Waals surface area contributed by atoms with Crippen molar-refractivity contribution < 1.29 is 13.6 Å². The van der Waals surface area contributed by atoms with Gasteiger partial charge in [0, 0.05) is 12.0 Å². The summed E-state index contributed by atoms with van der Waals surface area (Å²) in [5.74, 6) is 0.694. The van der Waals surface area contributed by atoms with Gasteiger partial charge in [0.05, 0.1) is 6.20 Å². The van der Waals surface area contributed by atoms with Crippen LogP contribution in [0.2, 0.25) is 0 Å². The van der Waals surface area contributed by atoms with Crippen LogP contribution in [0.25, 0.3) is 11.3 Å². The van der Waals surface area contributed by atoms with E-state index in [4.69, 9.17) is 4.42 Å². The van der Waals surface area contributed by atoms with Gasteiger partial charge in [-0.15, -0.1) is 0 Å². The molecule has 0 aliphatic heterocycles. The largest absolute Gasteiger partial charge is 0.438 e. The Bertz CT molecular complexity index is 593. The first-order chi connectivity index (χ1) is 10.1. The monoisotopic (exact) mass is 290 g/mol. The van der Waals surface area contributed by atoms with Crippen LogP contribution in [-0.2, 0) is 4.79 Å². The van der Waals surface area contributed by atoms with Crippen LogP contribution in [0.4, 0.5) is 4.39 Å². The lowest BCUT2D eigenvalue weighted by Crippen LogP contribution is -2.26. The first-order valence-electron chi connectivity index (χ1n) is 7.11. The van der Waals surface area contributed by atoms with Crippen LogP contribution in [0, 0.1) is 5.82 Å². The van der Waals surface area contributed by atoms with Gasteiger partial charge in [-0.05, 0) is 37.6 Å². The fourth-order valence-electron chi connectivity index (χ4n) is 1.95. The zero-order chi connectivity index (χ0) is 15.2. The normalized spacial score (nSPS) is 12.1. The molecular weight excluding hydrogens is 271 g/mol. The molecule has 5 heteroatoms. The Morgan fingerprint density at radius 2 is 2.10 bits per heavy atom. The van der Waals surface area contributed by atoms with Crippen molar-refractivity contribution in [1.29, 1.82) is 0 Å². The van der Waals surface area contributed by atoms with Gasteiger partial charge in [-0.25, -0.2) is 9.37 Å². The van der Waals surface area contributed by atoms with E-state index in [0.29, 0.717) is 18.1 Å². The Balaban J connectivity index is 2.02. The predicted octanol–water partition coefficient (Wildman–Crippen LogP) is 3.85. The summed E-state index contributed by atoms with van der Waals surface area (Å²) in [6.45, 7) is 3.86. The summed E-state index contributed by atoms with van der Waals surface area (Å²) in [4.78, 5) is 15.9. The SMILES string of the molecule is CCCCC(=O)NC(C)c1ncc(-c2ccc(F)cc2)o1. The van der Waals surface area contributed by atoms with E-state index in [1.165, 1.54) is 12.1 Å². The molecule has 0 aliphatic carbocycles. The molecule has 0 fully saturated rings. The van der Waals surface area contributed by atoms with E-state index in [9.17, 15) is 9.18 Å². The molecule has 1 aromatic carbocycles. The lowest BCUT2D eigenvalue weighted by molar-refractivity contribution is -0.122. The standard InChI is InChI=1S/C16H19FN2O2/c1-3-4-5-15(20)19-11(2)16-18-10-14(21-16)12-6-8-13(17)9-7-12/h6-11H,3-5H2,1-2H3,(H,19,20). The summed E-state index contributed by atoms with van der Waals surface area (Å²) < 4.78 is 18.5. The topological polar surface area (TPSA) is 55.1 Å². The van der Waals surface area contributed by atoms with Crippen LogP contribution in [0.3, 0.4) is 0 Å². The summed E-state index contributed by atoms with van der Waals surface area (Å²) in [6, 6.07) is 5.71. The van der Waals surface area contributed by atoms with E-state index in [-0.39, 0.29) is 17.8 Å². The Labute approximate surface area is 123 Å². The third-order valence-corrected chi connectivity index (χ3v) is 3.16. The van der Waals surface area contributed by atoms with E-state index in [0.717, 1.165) is 18.4 Å². The quantitative estimate of drug-likeness (QED) is 0.879. The van der Waals surface area contributed by atoms with E-state index < -0.39 is 0 Å². The number of halogens is 1. The number of benzene rings is 1. The maximum Gasteiger partial charge on any atom is 0.220 e. The number of oxazole rings is 1. The maximum absolute atomic E-state index is 12.9. The van der Waals surface area contributed by atoms with Gasteiger partial charge in [0.15, 0.2) is 5.76 Å². The summed E-state index contributed by atoms with van der Waals surface area (Å²) in [5, 5.41) is 2.85. The molecule has 2 aromatic rings. The molecule has 2 rings (SSSR count). The van der Waals surface area contributed by atoms with Crippen molar-refractivity contribution in [3.05, 3.63) is 42.2 Å². The molecule has 1 unspecified atom stereocenters. The molecular formula is C16H19FN2O2. The first kappa shape index (κ1) is 15.2. The van der Waals surface area contributed by atoms with Crippen molar-refractivity contribution in [3.8, 4) is 11.3 Å². The third-order valence-electron chi connectivity index (χ3n) is 3.16. The lowest BCUT2D eigenvalue weighted by Gasteiger charge is -2.09. The van der Waals surface area contributed by atoms with Crippen molar-refractivity contribution in [1.82, 2.24) is 10.3 Å². The smallest absolute Gasteiger partial charge is 0.220 e. The zero-order valence-electron chi connectivity index (χ0n) is 12.2. The molecule has 1 amide bonds. The fraction of sp³-hybridized carbons (Fsp3) is 0.375. The highest BCUT2D eigenvalue weighted by atomic mass is 19.1.